The number of aromatic nitrogens is 2. The maximum Gasteiger partial charge on any atom is 0 e. The molecule has 3 heterocycles. The summed E-state index contributed by atoms with van der Waals surface area (Å²) in [6, 6.07) is 37.9. The second kappa shape index (κ2) is 13.5. The summed E-state index contributed by atoms with van der Waals surface area (Å²) in [7, 11) is 0. The van der Waals surface area contributed by atoms with Crippen molar-refractivity contribution < 1.29 is 21.5 Å². The van der Waals surface area contributed by atoms with Crippen molar-refractivity contribution in [3.8, 4) is 22.5 Å². The standard InChI is InChI=1S/C25H20NS.C14H16GeN.Ir/c1-15(2)17-11-12-26-23(14-17)21-10-6-9-20-22-13-16(3)18-7-4-5-8-19(18)25(22)27-24(20)21;1-15(2,3)13-9-10-14(16-11-13)12-7-5-4-6-8-12;/h4-9,11-15H,1-3H3;4-7,9-11H,1-3H3;/q2*-1;/i15D;;. The van der Waals surface area contributed by atoms with Crippen LogP contribution in [0.25, 0.3) is 53.5 Å². The Labute approximate surface area is 282 Å². The van der Waals surface area contributed by atoms with Gasteiger partial charge in [-0.3, -0.25) is 0 Å². The van der Waals surface area contributed by atoms with Gasteiger partial charge >= 0.3 is 99.8 Å². The summed E-state index contributed by atoms with van der Waals surface area (Å²) in [4.78, 5) is 9.15. The minimum atomic E-state index is -1.72. The third kappa shape index (κ3) is 6.60. The summed E-state index contributed by atoms with van der Waals surface area (Å²) in [6.07, 6.45) is 3.84. The fourth-order valence-corrected chi connectivity index (χ4v) is 8.86. The van der Waals surface area contributed by atoms with Crippen LogP contribution in [0.15, 0.2) is 103 Å². The molecule has 223 valence electrons. The number of fused-ring (bicyclic) bond motifs is 5. The van der Waals surface area contributed by atoms with Gasteiger partial charge in [0.25, 0.3) is 0 Å². The summed E-state index contributed by atoms with van der Waals surface area (Å²) in [5, 5.41) is 5.16. The van der Waals surface area contributed by atoms with Crippen molar-refractivity contribution >= 4 is 59.9 Å². The molecule has 0 fully saturated rings. The normalized spacial score (nSPS) is 12.0. The molecule has 0 amide bonds. The predicted octanol–water partition coefficient (Wildman–Crippen LogP) is 10.6. The molecule has 0 N–H and O–H groups in total. The van der Waals surface area contributed by atoms with E-state index in [4.69, 9.17) is 1.37 Å². The number of aryl methyl sites for hydroxylation is 1. The second-order valence-corrected chi connectivity index (χ2v) is 23.9. The van der Waals surface area contributed by atoms with Gasteiger partial charge in [-0.1, -0.05) is 61.2 Å². The summed E-state index contributed by atoms with van der Waals surface area (Å²) in [5.74, 6) is 6.49. The molecule has 0 saturated heterocycles. The van der Waals surface area contributed by atoms with Crippen molar-refractivity contribution in [1.82, 2.24) is 9.97 Å². The monoisotopic (exact) mass is 832 g/mol. The first kappa shape index (κ1) is 30.9. The van der Waals surface area contributed by atoms with Gasteiger partial charge in [0.1, 0.15) is 0 Å². The van der Waals surface area contributed by atoms with Crippen molar-refractivity contribution in [3.05, 3.63) is 127 Å². The quantitative estimate of drug-likeness (QED) is 0.130. The van der Waals surface area contributed by atoms with E-state index in [0.29, 0.717) is 0 Å². The zero-order valence-corrected chi connectivity index (χ0v) is 31.3. The van der Waals surface area contributed by atoms with Crippen molar-refractivity contribution in [2.75, 3.05) is 0 Å². The largest absolute Gasteiger partial charge is 0 e. The maximum absolute atomic E-state index is 8.36. The van der Waals surface area contributed by atoms with E-state index >= 15 is 0 Å². The van der Waals surface area contributed by atoms with Crippen LogP contribution in [0.2, 0.25) is 17.3 Å². The van der Waals surface area contributed by atoms with Crippen LogP contribution in [0.5, 0.6) is 0 Å². The van der Waals surface area contributed by atoms with Crippen LogP contribution in [0, 0.1) is 19.1 Å². The van der Waals surface area contributed by atoms with Crippen molar-refractivity contribution in [3.63, 3.8) is 0 Å². The molecule has 2 nitrogen and oxygen atoms in total. The van der Waals surface area contributed by atoms with E-state index in [2.05, 4.69) is 94.8 Å². The Balaban J connectivity index is 0.000000202. The number of hydrogen-bond acceptors (Lipinski definition) is 3. The first-order chi connectivity index (χ1) is 21.0. The zero-order valence-electron chi connectivity index (χ0n) is 27.0. The molecule has 4 aromatic carbocycles. The Kier molecular flexibility index (Phi) is 9.44. The molecule has 0 spiro atoms. The van der Waals surface area contributed by atoms with E-state index in [1.54, 1.807) is 6.20 Å². The van der Waals surface area contributed by atoms with Crippen LogP contribution >= 0.6 is 11.3 Å². The summed E-state index contributed by atoms with van der Waals surface area (Å²) >= 11 is 0.101. The van der Waals surface area contributed by atoms with E-state index < -0.39 is 19.2 Å². The molecule has 5 heteroatoms. The number of thiophene rings is 1. The minimum Gasteiger partial charge on any atom is 0 e. The molecule has 0 aliphatic rings. The van der Waals surface area contributed by atoms with Gasteiger partial charge < -0.3 is 4.98 Å². The summed E-state index contributed by atoms with van der Waals surface area (Å²) < 4.78 is 12.3. The molecule has 1 radical (unpaired) electrons. The van der Waals surface area contributed by atoms with Crippen LogP contribution < -0.4 is 4.40 Å². The topological polar surface area (TPSA) is 25.8 Å². The van der Waals surface area contributed by atoms with Crippen LogP contribution in [-0.4, -0.2) is 23.2 Å². The second-order valence-electron chi connectivity index (χ2n) is 12.2. The van der Waals surface area contributed by atoms with Crippen LogP contribution in [0.3, 0.4) is 0 Å². The first-order valence-corrected chi connectivity index (χ1v) is 22.8. The predicted molar refractivity (Wildman–Crippen MR) is 189 cm³/mol. The number of nitrogens with zero attached hydrogens (tertiary/aromatic N) is 2. The van der Waals surface area contributed by atoms with Gasteiger partial charge in [0, 0.05) is 32.4 Å². The molecular weight excluding hydrogens is 793 g/mol. The number of hydrogen-bond donors (Lipinski definition) is 0. The number of benzene rings is 4. The molecule has 0 aliphatic carbocycles. The molecule has 3 aromatic heterocycles. The molecular formula is C39H36GeIrN2S-2. The summed E-state index contributed by atoms with van der Waals surface area (Å²) in [5.41, 5.74) is 6.24. The van der Waals surface area contributed by atoms with E-state index in [1.165, 1.54) is 40.9 Å². The van der Waals surface area contributed by atoms with Crippen molar-refractivity contribution in [1.29, 1.82) is 0 Å². The number of rotatable bonds is 4. The third-order valence-electron chi connectivity index (χ3n) is 7.85. The molecule has 44 heavy (non-hydrogen) atoms. The Hall–Kier alpha value is -3.15. The fourth-order valence-electron chi connectivity index (χ4n) is 5.36. The molecule has 0 atom stereocenters. The SMILES string of the molecule is [2H]C(C)(C)c1ccnc(-c2[c-]ccc3c2sc2c4ccccc4c(C)cc32)c1.[CH3][Ge]([CH3])([CH3])[c]1ccc(-c2[c-]cccc2)nc1.[Ir]. The molecule has 7 aromatic rings. The average molecular weight is 831 g/mol. The average Bonchev–Trinajstić information content (AvgIpc) is 3.40. The van der Waals surface area contributed by atoms with E-state index in [-0.39, 0.29) is 20.1 Å². The van der Waals surface area contributed by atoms with Gasteiger partial charge in [0.2, 0.25) is 0 Å². The van der Waals surface area contributed by atoms with Crippen LogP contribution in [0.1, 0.15) is 32.2 Å². The van der Waals surface area contributed by atoms with Gasteiger partial charge in [0.15, 0.2) is 0 Å². The molecule has 7 rings (SSSR count). The van der Waals surface area contributed by atoms with Gasteiger partial charge in [0.05, 0.1) is 0 Å². The number of pyridine rings is 2. The molecule has 0 saturated carbocycles. The van der Waals surface area contributed by atoms with Crippen molar-refractivity contribution in [2.24, 2.45) is 0 Å². The Morgan fingerprint density at radius 1 is 0.750 bits per heavy atom. The fraction of sp³-hybridized carbons (Fsp3) is 0.179. The first-order valence-electron chi connectivity index (χ1n) is 15.2. The Bertz CT molecular complexity index is 2090. The van der Waals surface area contributed by atoms with Gasteiger partial charge in [-0.2, -0.15) is 11.3 Å². The summed E-state index contributed by atoms with van der Waals surface area (Å²) in [6.45, 7) is 6.00. The minimum absolute atomic E-state index is 0. The van der Waals surface area contributed by atoms with Crippen LogP contribution in [0.4, 0.5) is 0 Å². The Morgan fingerprint density at radius 2 is 1.50 bits per heavy atom. The Morgan fingerprint density at radius 3 is 2.18 bits per heavy atom. The molecule has 0 aliphatic heterocycles. The van der Waals surface area contributed by atoms with Gasteiger partial charge in [-0.15, -0.1) is 23.8 Å². The third-order valence-corrected chi connectivity index (χ3v) is 13.4. The maximum atomic E-state index is 8.36. The molecule has 0 unspecified atom stereocenters. The van der Waals surface area contributed by atoms with E-state index in [9.17, 15) is 0 Å². The molecule has 0 bridgehead atoms. The van der Waals surface area contributed by atoms with E-state index in [0.717, 1.165) is 28.1 Å². The van der Waals surface area contributed by atoms with Crippen molar-refractivity contribution in [2.45, 2.75) is 43.9 Å². The van der Waals surface area contributed by atoms with Gasteiger partial charge in [-0.05, 0) is 51.0 Å². The smallest absolute Gasteiger partial charge is 0 e. The van der Waals surface area contributed by atoms with E-state index in [1.807, 2.05) is 73.8 Å². The zero-order chi connectivity index (χ0) is 31.1. The van der Waals surface area contributed by atoms with Crippen LogP contribution in [-0.2, 0) is 20.1 Å². The van der Waals surface area contributed by atoms with Gasteiger partial charge in [-0.25, -0.2) is 0 Å².